The fraction of sp³-hybridized carbons (Fsp3) is 0.0833. The average Bonchev–Trinajstić information content (AvgIpc) is 3.56. The summed E-state index contributed by atoms with van der Waals surface area (Å²) in [6, 6.07) is 61.2. The summed E-state index contributed by atoms with van der Waals surface area (Å²) in [7, 11) is 0. The van der Waals surface area contributed by atoms with Gasteiger partial charge in [-0.15, -0.1) is 0 Å². The molecule has 0 aliphatic heterocycles. The molecule has 0 spiro atoms. The standard InChI is InChI=1S/C48H37NO/c1-48(2,3)46-43-23-10-11-25-45(43)50-47(46)35-17-12-18-37(30-35)49(44-31-34-15-5-7-20-40(34)41-21-8-9-22-42(41)44)36-28-26-33(27-29-36)39-24-13-16-32-14-4-6-19-38(32)39/h4-31H,1-3H3. The van der Waals surface area contributed by atoms with E-state index in [1.165, 1.54) is 54.4 Å². The van der Waals surface area contributed by atoms with E-state index in [1.54, 1.807) is 0 Å². The van der Waals surface area contributed by atoms with Crippen LogP contribution in [0.3, 0.4) is 0 Å². The van der Waals surface area contributed by atoms with E-state index in [0.717, 1.165) is 34.0 Å². The van der Waals surface area contributed by atoms with Gasteiger partial charge in [0.25, 0.3) is 0 Å². The smallest absolute Gasteiger partial charge is 0.139 e. The molecule has 0 saturated heterocycles. The molecule has 50 heavy (non-hydrogen) atoms. The summed E-state index contributed by atoms with van der Waals surface area (Å²) in [5.41, 5.74) is 8.82. The zero-order valence-corrected chi connectivity index (χ0v) is 28.5. The van der Waals surface area contributed by atoms with Crippen molar-refractivity contribution in [2.45, 2.75) is 26.2 Å². The van der Waals surface area contributed by atoms with Gasteiger partial charge < -0.3 is 9.32 Å². The first kappa shape index (κ1) is 30.0. The highest BCUT2D eigenvalue weighted by atomic mass is 16.3. The molecule has 0 aliphatic carbocycles. The Bertz CT molecular complexity index is 2690. The fourth-order valence-electron chi connectivity index (χ4n) is 7.69. The predicted octanol–water partition coefficient (Wildman–Crippen LogP) is 14.0. The lowest BCUT2D eigenvalue weighted by Crippen LogP contribution is -2.12. The van der Waals surface area contributed by atoms with Crippen LogP contribution in [0.4, 0.5) is 17.1 Å². The minimum Gasteiger partial charge on any atom is -0.456 e. The van der Waals surface area contributed by atoms with Crippen LogP contribution in [0.25, 0.3) is 65.7 Å². The van der Waals surface area contributed by atoms with Gasteiger partial charge in [-0.25, -0.2) is 0 Å². The molecule has 2 heteroatoms. The highest BCUT2D eigenvalue weighted by Gasteiger charge is 2.27. The molecule has 0 atom stereocenters. The van der Waals surface area contributed by atoms with Crippen molar-refractivity contribution < 1.29 is 4.42 Å². The van der Waals surface area contributed by atoms with Crippen molar-refractivity contribution in [3.63, 3.8) is 0 Å². The van der Waals surface area contributed by atoms with Gasteiger partial charge in [0.2, 0.25) is 0 Å². The molecule has 0 amide bonds. The van der Waals surface area contributed by atoms with Gasteiger partial charge in [0.05, 0.1) is 5.69 Å². The maximum Gasteiger partial charge on any atom is 0.139 e. The van der Waals surface area contributed by atoms with E-state index < -0.39 is 0 Å². The zero-order valence-electron chi connectivity index (χ0n) is 28.5. The highest BCUT2D eigenvalue weighted by Crippen LogP contribution is 2.46. The van der Waals surface area contributed by atoms with E-state index in [2.05, 4.69) is 189 Å². The number of fused-ring (bicyclic) bond motifs is 5. The summed E-state index contributed by atoms with van der Waals surface area (Å²) in [6.45, 7) is 6.80. The zero-order chi connectivity index (χ0) is 33.8. The number of para-hydroxylation sites is 1. The van der Waals surface area contributed by atoms with Crippen molar-refractivity contribution in [1.29, 1.82) is 0 Å². The third kappa shape index (κ3) is 5.04. The minimum atomic E-state index is -0.108. The van der Waals surface area contributed by atoms with E-state index in [0.29, 0.717) is 0 Å². The summed E-state index contributed by atoms with van der Waals surface area (Å²) in [5.74, 6) is 0.926. The molecule has 0 bridgehead atoms. The largest absolute Gasteiger partial charge is 0.456 e. The molecule has 0 radical (unpaired) electrons. The molecule has 1 heterocycles. The monoisotopic (exact) mass is 643 g/mol. The minimum absolute atomic E-state index is 0.108. The normalized spacial score (nSPS) is 11.9. The second-order valence-corrected chi connectivity index (χ2v) is 14.2. The third-order valence-electron chi connectivity index (χ3n) is 9.93. The first-order valence-corrected chi connectivity index (χ1v) is 17.4. The first-order chi connectivity index (χ1) is 24.4. The lowest BCUT2D eigenvalue weighted by atomic mass is 9.83. The van der Waals surface area contributed by atoms with E-state index in [9.17, 15) is 0 Å². The van der Waals surface area contributed by atoms with Crippen molar-refractivity contribution in [1.82, 2.24) is 0 Å². The molecule has 1 aromatic heterocycles. The van der Waals surface area contributed by atoms with Crippen LogP contribution in [0.15, 0.2) is 174 Å². The fourth-order valence-corrected chi connectivity index (χ4v) is 7.69. The van der Waals surface area contributed by atoms with Crippen LogP contribution in [0, 0.1) is 0 Å². The van der Waals surface area contributed by atoms with Crippen LogP contribution in [-0.2, 0) is 5.41 Å². The van der Waals surface area contributed by atoms with Crippen molar-refractivity contribution in [3.8, 4) is 22.5 Å². The Morgan fingerprint density at radius 1 is 0.440 bits per heavy atom. The Kier molecular flexibility index (Phi) is 7.07. The molecule has 9 aromatic rings. The van der Waals surface area contributed by atoms with Gasteiger partial charge in [-0.2, -0.15) is 0 Å². The number of hydrogen-bond donors (Lipinski definition) is 0. The molecule has 9 rings (SSSR count). The molecule has 0 aliphatic rings. The van der Waals surface area contributed by atoms with Gasteiger partial charge in [0.1, 0.15) is 11.3 Å². The Labute approximate surface area is 292 Å². The van der Waals surface area contributed by atoms with Crippen LogP contribution in [0.2, 0.25) is 0 Å². The highest BCUT2D eigenvalue weighted by molar-refractivity contribution is 6.14. The van der Waals surface area contributed by atoms with E-state index >= 15 is 0 Å². The molecule has 240 valence electrons. The molecular weight excluding hydrogens is 607 g/mol. The summed E-state index contributed by atoms with van der Waals surface area (Å²) in [4.78, 5) is 2.41. The Morgan fingerprint density at radius 3 is 1.84 bits per heavy atom. The third-order valence-corrected chi connectivity index (χ3v) is 9.93. The van der Waals surface area contributed by atoms with Gasteiger partial charge in [-0.05, 0) is 79.9 Å². The number of furan rings is 1. The maximum absolute atomic E-state index is 6.67. The van der Waals surface area contributed by atoms with Crippen LogP contribution in [0.5, 0.6) is 0 Å². The van der Waals surface area contributed by atoms with Crippen LogP contribution in [0.1, 0.15) is 26.3 Å². The lowest BCUT2D eigenvalue weighted by Gasteiger charge is -2.28. The van der Waals surface area contributed by atoms with E-state index in [4.69, 9.17) is 4.42 Å². The van der Waals surface area contributed by atoms with Gasteiger partial charge in [-0.1, -0.05) is 154 Å². The van der Waals surface area contributed by atoms with Gasteiger partial charge in [0, 0.05) is 33.3 Å². The number of benzene rings is 8. The molecule has 0 unspecified atom stereocenters. The van der Waals surface area contributed by atoms with Crippen LogP contribution in [-0.4, -0.2) is 0 Å². The molecule has 0 saturated carbocycles. The van der Waals surface area contributed by atoms with Crippen molar-refractivity contribution in [3.05, 3.63) is 175 Å². The number of nitrogens with zero attached hydrogens (tertiary/aromatic N) is 1. The lowest BCUT2D eigenvalue weighted by molar-refractivity contribution is 0.568. The summed E-state index contributed by atoms with van der Waals surface area (Å²) >= 11 is 0. The summed E-state index contributed by atoms with van der Waals surface area (Å²) in [6.07, 6.45) is 0. The molecular formula is C48H37NO. The SMILES string of the molecule is CC(C)(C)c1c(-c2cccc(N(c3ccc(-c4cccc5ccccc45)cc3)c3cc4ccccc4c4ccccc34)c2)oc2ccccc12. The molecule has 0 fully saturated rings. The number of rotatable bonds is 5. The summed E-state index contributed by atoms with van der Waals surface area (Å²) in [5, 5.41) is 8.58. The van der Waals surface area contributed by atoms with Crippen molar-refractivity contribution >= 4 is 60.3 Å². The second-order valence-electron chi connectivity index (χ2n) is 14.2. The van der Waals surface area contributed by atoms with Crippen LogP contribution < -0.4 is 4.90 Å². The maximum atomic E-state index is 6.67. The van der Waals surface area contributed by atoms with Gasteiger partial charge >= 0.3 is 0 Å². The van der Waals surface area contributed by atoms with E-state index in [1.807, 2.05) is 6.07 Å². The van der Waals surface area contributed by atoms with E-state index in [-0.39, 0.29) is 5.41 Å². The number of hydrogen-bond acceptors (Lipinski definition) is 2. The topological polar surface area (TPSA) is 16.4 Å². The van der Waals surface area contributed by atoms with Crippen molar-refractivity contribution in [2.24, 2.45) is 0 Å². The molecule has 0 N–H and O–H groups in total. The van der Waals surface area contributed by atoms with Gasteiger partial charge in [0.15, 0.2) is 0 Å². The van der Waals surface area contributed by atoms with Crippen molar-refractivity contribution in [2.75, 3.05) is 4.90 Å². The Hall–Kier alpha value is -6.12. The molecule has 2 nitrogen and oxygen atoms in total. The summed E-state index contributed by atoms with van der Waals surface area (Å²) < 4.78 is 6.67. The Morgan fingerprint density at radius 2 is 1.06 bits per heavy atom. The average molecular weight is 644 g/mol. The number of anilines is 3. The van der Waals surface area contributed by atoms with Gasteiger partial charge in [-0.3, -0.25) is 0 Å². The Balaban J connectivity index is 1.27. The molecule has 8 aromatic carbocycles. The quantitative estimate of drug-likeness (QED) is 0.174. The second kappa shape index (κ2) is 11.8. The van der Waals surface area contributed by atoms with Crippen LogP contribution >= 0.6 is 0 Å². The first-order valence-electron chi connectivity index (χ1n) is 17.4. The predicted molar refractivity (Wildman–Crippen MR) is 213 cm³/mol.